The van der Waals surface area contributed by atoms with Gasteiger partial charge in [-0.05, 0) is 30.7 Å². The second kappa shape index (κ2) is 4.05. The van der Waals surface area contributed by atoms with Crippen molar-refractivity contribution in [2.24, 2.45) is 0 Å². The standard InChI is InChI=1S/C14H17N3O/c1-9-6-13-10(7-12(9)15)8-14(16-13)17-4-2-11(18)3-5-17/h6-8,16H,2-5,15H2,1H3. The van der Waals surface area contributed by atoms with E-state index in [1.165, 1.54) is 0 Å². The monoisotopic (exact) mass is 243 g/mol. The lowest BCUT2D eigenvalue weighted by molar-refractivity contribution is -0.119. The molecule has 1 aromatic heterocycles. The van der Waals surface area contributed by atoms with Crippen LogP contribution in [0.2, 0.25) is 0 Å². The molecule has 0 radical (unpaired) electrons. The molecule has 0 amide bonds. The van der Waals surface area contributed by atoms with Crippen LogP contribution in [0, 0.1) is 6.92 Å². The van der Waals surface area contributed by atoms with E-state index in [4.69, 9.17) is 5.73 Å². The summed E-state index contributed by atoms with van der Waals surface area (Å²) in [6.45, 7) is 3.62. The number of nitrogens with two attached hydrogens (primary N) is 1. The number of hydrogen-bond donors (Lipinski definition) is 2. The van der Waals surface area contributed by atoms with Gasteiger partial charge in [0.25, 0.3) is 0 Å². The van der Waals surface area contributed by atoms with Gasteiger partial charge in [0, 0.05) is 42.5 Å². The molecule has 0 atom stereocenters. The average Bonchev–Trinajstić information content (AvgIpc) is 2.73. The second-order valence-corrected chi connectivity index (χ2v) is 4.98. The lowest BCUT2D eigenvalue weighted by Crippen LogP contribution is -2.33. The minimum Gasteiger partial charge on any atom is -0.398 e. The number of anilines is 2. The lowest BCUT2D eigenvalue weighted by atomic mass is 10.1. The fourth-order valence-electron chi connectivity index (χ4n) is 2.46. The van der Waals surface area contributed by atoms with Crippen LogP contribution in [0.25, 0.3) is 10.9 Å². The highest BCUT2D eigenvalue weighted by atomic mass is 16.1. The van der Waals surface area contributed by atoms with Gasteiger partial charge in [0.2, 0.25) is 0 Å². The van der Waals surface area contributed by atoms with Crippen LogP contribution >= 0.6 is 0 Å². The van der Waals surface area contributed by atoms with Crippen molar-refractivity contribution in [2.45, 2.75) is 19.8 Å². The highest BCUT2D eigenvalue weighted by molar-refractivity contribution is 5.88. The van der Waals surface area contributed by atoms with Crippen LogP contribution in [0.15, 0.2) is 18.2 Å². The van der Waals surface area contributed by atoms with Gasteiger partial charge in [0.05, 0.1) is 0 Å². The fourth-order valence-corrected chi connectivity index (χ4v) is 2.46. The Hall–Kier alpha value is -1.97. The summed E-state index contributed by atoms with van der Waals surface area (Å²) in [6, 6.07) is 6.18. The fraction of sp³-hybridized carbons (Fsp3) is 0.357. The Bertz CT molecular complexity index is 566. The Kier molecular flexibility index (Phi) is 2.51. The van der Waals surface area contributed by atoms with Gasteiger partial charge in [-0.25, -0.2) is 0 Å². The molecular formula is C14H17N3O. The largest absolute Gasteiger partial charge is 0.398 e. The summed E-state index contributed by atoms with van der Waals surface area (Å²) >= 11 is 0. The van der Waals surface area contributed by atoms with Crippen molar-refractivity contribution in [2.75, 3.05) is 23.7 Å². The maximum atomic E-state index is 11.2. The number of aromatic amines is 1. The molecule has 0 saturated carbocycles. The molecule has 3 rings (SSSR count). The number of carbonyl (C=O) groups excluding carboxylic acids is 1. The molecule has 3 N–H and O–H groups in total. The number of hydrogen-bond acceptors (Lipinski definition) is 3. The molecule has 1 aliphatic heterocycles. The zero-order chi connectivity index (χ0) is 12.7. The number of aromatic nitrogens is 1. The number of benzene rings is 1. The van der Waals surface area contributed by atoms with E-state index in [1.807, 2.05) is 13.0 Å². The molecule has 1 aliphatic rings. The van der Waals surface area contributed by atoms with Crippen LogP contribution in [0.1, 0.15) is 18.4 Å². The topological polar surface area (TPSA) is 62.1 Å². The van der Waals surface area contributed by atoms with Crippen molar-refractivity contribution in [3.8, 4) is 0 Å². The summed E-state index contributed by atoms with van der Waals surface area (Å²) in [4.78, 5) is 16.9. The van der Waals surface area contributed by atoms with Crippen LogP contribution in [0.5, 0.6) is 0 Å². The summed E-state index contributed by atoms with van der Waals surface area (Å²) in [5, 5.41) is 1.13. The van der Waals surface area contributed by atoms with Crippen molar-refractivity contribution in [3.63, 3.8) is 0 Å². The van der Waals surface area contributed by atoms with E-state index < -0.39 is 0 Å². The first-order valence-corrected chi connectivity index (χ1v) is 6.29. The number of carbonyl (C=O) groups is 1. The van der Waals surface area contributed by atoms with Crippen molar-refractivity contribution in [3.05, 3.63) is 23.8 Å². The SMILES string of the molecule is Cc1cc2[nH]c(N3CCC(=O)CC3)cc2cc1N. The summed E-state index contributed by atoms with van der Waals surface area (Å²) in [6.07, 6.45) is 1.30. The Balaban J connectivity index is 1.96. The van der Waals surface area contributed by atoms with Crippen molar-refractivity contribution >= 4 is 28.2 Å². The van der Waals surface area contributed by atoms with Gasteiger partial charge in [-0.3, -0.25) is 4.79 Å². The first kappa shape index (κ1) is 11.1. The van der Waals surface area contributed by atoms with Gasteiger partial charge in [0.15, 0.2) is 0 Å². The van der Waals surface area contributed by atoms with Crippen molar-refractivity contribution < 1.29 is 4.79 Å². The molecule has 0 spiro atoms. The maximum absolute atomic E-state index is 11.2. The Morgan fingerprint density at radius 2 is 1.94 bits per heavy atom. The smallest absolute Gasteiger partial charge is 0.136 e. The van der Waals surface area contributed by atoms with E-state index >= 15 is 0 Å². The minimum atomic E-state index is 0.363. The number of nitrogens with one attached hydrogen (secondary N) is 1. The molecule has 0 bridgehead atoms. The molecule has 18 heavy (non-hydrogen) atoms. The summed E-state index contributed by atoms with van der Waals surface area (Å²) in [5.41, 5.74) is 8.93. The van der Waals surface area contributed by atoms with Crippen LogP contribution in [0.4, 0.5) is 11.5 Å². The third kappa shape index (κ3) is 1.83. The normalized spacial score (nSPS) is 16.5. The number of nitrogens with zero attached hydrogens (tertiary/aromatic N) is 1. The molecule has 2 heterocycles. The van der Waals surface area contributed by atoms with Crippen LogP contribution in [0.3, 0.4) is 0 Å². The zero-order valence-corrected chi connectivity index (χ0v) is 10.5. The van der Waals surface area contributed by atoms with Gasteiger partial charge in [-0.2, -0.15) is 0 Å². The number of piperidine rings is 1. The number of ketones is 1. The Morgan fingerprint density at radius 3 is 2.67 bits per heavy atom. The maximum Gasteiger partial charge on any atom is 0.136 e. The van der Waals surface area contributed by atoms with E-state index in [1.54, 1.807) is 0 Å². The molecule has 2 aromatic rings. The molecule has 94 valence electrons. The molecule has 0 aliphatic carbocycles. The predicted molar refractivity (Wildman–Crippen MR) is 73.9 cm³/mol. The molecule has 4 nitrogen and oxygen atoms in total. The number of aryl methyl sites for hydroxylation is 1. The molecular weight excluding hydrogens is 226 g/mol. The average molecular weight is 243 g/mol. The quantitative estimate of drug-likeness (QED) is 0.755. The third-order valence-corrected chi connectivity index (χ3v) is 3.65. The van der Waals surface area contributed by atoms with Gasteiger partial charge in [-0.15, -0.1) is 0 Å². The molecule has 1 aromatic carbocycles. The third-order valence-electron chi connectivity index (χ3n) is 3.65. The Morgan fingerprint density at radius 1 is 1.22 bits per heavy atom. The highest BCUT2D eigenvalue weighted by Crippen LogP contribution is 2.27. The number of fused-ring (bicyclic) bond motifs is 1. The predicted octanol–water partition coefficient (Wildman–Crippen LogP) is 2.23. The van der Waals surface area contributed by atoms with E-state index in [2.05, 4.69) is 22.0 Å². The van der Waals surface area contributed by atoms with E-state index in [0.717, 1.165) is 41.1 Å². The summed E-state index contributed by atoms with van der Waals surface area (Å²) < 4.78 is 0. The van der Waals surface area contributed by atoms with Crippen LogP contribution in [-0.4, -0.2) is 23.9 Å². The first-order chi connectivity index (χ1) is 8.63. The summed E-state index contributed by atoms with van der Waals surface area (Å²) in [7, 11) is 0. The number of rotatable bonds is 1. The number of H-pyrrole nitrogens is 1. The van der Waals surface area contributed by atoms with Crippen molar-refractivity contribution in [1.29, 1.82) is 0 Å². The van der Waals surface area contributed by atoms with E-state index in [-0.39, 0.29) is 0 Å². The highest BCUT2D eigenvalue weighted by Gasteiger charge is 2.17. The van der Waals surface area contributed by atoms with Crippen LogP contribution < -0.4 is 10.6 Å². The van der Waals surface area contributed by atoms with Gasteiger partial charge >= 0.3 is 0 Å². The first-order valence-electron chi connectivity index (χ1n) is 6.29. The van der Waals surface area contributed by atoms with E-state index in [0.29, 0.717) is 18.6 Å². The molecule has 1 saturated heterocycles. The minimum absolute atomic E-state index is 0.363. The van der Waals surface area contributed by atoms with Crippen LogP contribution in [-0.2, 0) is 4.79 Å². The van der Waals surface area contributed by atoms with Gasteiger partial charge < -0.3 is 15.6 Å². The van der Waals surface area contributed by atoms with Gasteiger partial charge in [-0.1, -0.05) is 0 Å². The number of nitrogen functional groups attached to an aromatic ring is 1. The van der Waals surface area contributed by atoms with Gasteiger partial charge in [0.1, 0.15) is 11.6 Å². The Labute approximate surface area is 106 Å². The molecule has 0 unspecified atom stereocenters. The van der Waals surface area contributed by atoms with Crippen molar-refractivity contribution in [1.82, 2.24) is 4.98 Å². The number of Topliss-reactive ketones (excluding diaryl/α,β-unsaturated/α-hetero) is 1. The lowest BCUT2D eigenvalue weighted by Gasteiger charge is -2.26. The van der Waals surface area contributed by atoms with E-state index in [9.17, 15) is 4.79 Å². The molecule has 1 fully saturated rings. The second-order valence-electron chi connectivity index (χ2n) is 4.98. The molecule has 4 heteroatoms. The summed E-state index contributed by atoms with van der Waals surface area (Å²) in [5.74, 6) is 1.45. The zero-order valence-electron chi connectivity index (χ0n) is 10.5.